The van der Waals surface area contributed by atoms with E-state index >= 15 is 0 Å². The minimum atomic E-state index is -0.133. The van der Waals surface area contributed by atoms with Gasteiger partial charge in [0.15, 0.2) is 0 Å². The lowest BCUT2D eigenvalue weighted by atomic mass is 10.2. The van der Waals surface area contributed by atoms with Gasteiger partial charge < -0.3 is 10.6 Å². The van der Waals surface area contributed by atoms with Gasteiger partial charge in [0.2, 0.25) is 11.8 Å². The molecule has 1 aliphatic rings. The highest BCUT2D eigenvalue weighted by atomic mass is 35.5. The average molecular weight is 310 g/mol. The molecule has 1 aliphatic carbocycles. The molecule has 21 heavy (non-hydrogen) atoms. The Balaban J connectivity index is 1.62. The van der Waals surface area contributed by atoms with Gasteiger partial charge in [-0.1, -0.05) is 30.5 Å². The number of amides is 2. The van der Waals surface area contributed by atoms with Crippen LogP contribution in [0.3, 0.4) is 0 Å². The number of carbonyl (C=O) groups is 2. The molecule has 0 spiro atoms. The van der Waals surface area contributed by atoms with Crippen molar-refractivity contribution in [3.63, 3.8) is 0 Å². The Morgan fingerprint density at radius 3 is 2.57 bits per heavy atom. The van der Waals surface area contributed by atoms with Crippen molar-refractivity contribution >= 4 is 23.4 Å². The number of carbonyl (C=O) groups excluding carboxylic acids is 2. The fourth-order valence-corrected chi connectivity index (χ4v) is 2.51. The summed E-state index contributed by atoms with van der Waals surface area (Å²) in [5, 5.41) is 6.16. The first kappa shape index (κ1) is 15.8. The zero-order valence-corrected chi connectivity index (χ0v) is 12.7. The SMILES string of the molecule is O=C(CCC(=O)NC1CCCC1)NCc1ccc(Cl)nc1. The van der Waals surface area contributed by atoms with Crippen molar-refractivity contribution in [1.82, 2.24) is 15.6 Å². The van der Waals surface area contributed by atoms with Crippen LogP contribution in [0.1, 0.15) is 44.1 Å². The molecule has 114 valence electrons. The van der Waals surface area contributed by atoms with Crippen molar-refractivity contribution in [3.8, 4) is 0 Å². The minimum Gasteiger partial charge on any atom is -0.353 e. The lowest BCUT2D eigenvalue weighted by Gasteiger charge is -2.11. The van der Waals surface area contributed by atoms with Crippen LogP contribution in [0, 0.1) is 0 Å². The van der Waals surface area contributed by atoms with Crippen molar-refractivity contribution in [2.24, 2.45) is 0 Å². The van der Waals surface area contributed by atoms with Crippen LogP contribution in [0.4, 0.5) is 0 Å². The monoisotopic (exact) mass is 309 g/mol. The summed E-state index contributed by atoms with van der Waals surface area (Å²) in [6.45, 7) is 0.396. The van der Waals surface area contributed by atoms with Gasteiger partial charge in [-0.05, 0) is 24.5 Å². The summed E-state index contributed by atoms with van der Waals surface area (Å²) in [7, 11) is 0. The molecule has 0 radical (unpaired) electrons. The summed E-state index contributed by atoms with van der Waals surface area (Å²) in [5.74, 6) is -0.170. The van der Waals surface area contributed by atoms with Crippen LogP contribution < -0.4 is 10.6 Å². The first-order chi connectivity index (χ1) is 10.1. The first-order valence-corrected chi connectivity index (χ1v) is 7.68. The van der Waals surface area contributed by atoms with Gasteiger partial charge in [-0.25, -0.2) is 4.98 Å². The smallest absolute Gasteiger partial charge is 0.220 e. The molecule has 1 saturated carbocycles. The first-order valence-electron chi connectivity index (χ1n) is 7.30. The van der Waals surface area contributed by atoms with Crippen LogP contribution in [0.5, 0.6) is 0 Å². The van der Waals surface area contributed by atoms with E-state index in [4.69, 9.17) is 11.6 Å². The number of nitrogens with zero attached hydrogens (tertiary/aromatic N) is 1. The second kappa shape index (κ2) is 7.98. The Kier molecular flexibility index (Phi) is 5.99. The summed E-state index contributed by atoms with van der Waals surface area (Å²) in [5.41, 5.74) is 0.878. The van der Waals surface area contributed by atoms with Crippen LogP contribution in [-0.2, 0) is 16.1 Å². The van der Waals surface area contributed by atoms with Gasteiger partial charge in [-0.3, -0.25) is 9.59 Å². The number of rotatable bonds is 6. The molecule has 1 heterocycles. The van der Waals surface area contributed by atoms with Crippen LogP contribution >= 0.6 is 11.6 Å². The number of hydrogen-bond acceptors (Lipinski definition) is 3. The van der Waals surface area contributed by atoms with Crippen LogP contribution in [-0.4, -0.2) is 22.8 Å². The van der Waals surface area contributed by atoms with Gasteiger partial charge in [-0.15, -0.1) is 0 Å². The second-order valence-electron chi connectivity index (χ2n) is 5.31. The summed E-state index contributed by atoms with van der Waals surface area (Å²) in [6.07, 6.45) is 6.54. The Labute approximate surface area is 129 Å². The Bertz CT molecular complexity index is 484. The molecule has 1 aromatic rings. The molecule has 0 aromatic carbocycles. The predicted molar refractivity (Wildman–Crippen MR) is 80.7 cm³/mol. The molecule has 6 heteroatoms. The van der Waals surface area contributed by atoms with Crippen LogP contribution in [0.15, 0.2) is 18.3 Å². The Hall–Kier alpha value is -1.62. The van der Waals surface area contributed by atoms with Crippen molar-refractivity contribution in [2.75, 3.05) is 0 Å². The summed E-state index contributed by atoms with van der Waals surface area (Å²) < 4.78 is 0. The fourth-order valence-electron chi connectivity index (χ4n) is 2.40. The third kappa shape index (κ3) is 5.71. The molecule has 0 bridgehead atoms. The van der Waals surface area contributed by atoms with E-state index in [1.165, 1.54) is 12.8 Å². The largest absolute Gasteiger partial charge is 0.353 e. The fraction of sp³-hybridized carbons (Fsp3) is 0.533. The van der Waals surface area contributed by atoms with Gasteiger partial charge in [-0.2, -0.15) is 0 Å². The number of aromatic nitrogens is 1. The normalized spacial score (nSPS) is 14.9. The maximum Gasteiger partial charge on any atom is 0.220 e. The van der Waals surface area contributed by atoms with Crippen molar-refractivity contribution in [2.45, 2.75) is 51.1 Å². The van der Waals surface area contributed by atoms with Crippen LogP contribution in [0.2, 0.25) is 5.15 Å². The predicted octanol–water partition coefficient (Wildman–Crippen LogP) is 2.19. The molecular formula is C15H20ClN3O2. The average Bonchev–Trinajstić information content (AvgIpc) is 2.97. The summed E-state index contributed by atoms with van der Waals surface area (Å²) in [6, 6.07) is 3.79. The molecule has 1 fully saturated rings. The maximum atomic E-state index is 11.7. The minimum absolute atomic E-state index is 0.0368. The molecule has 0 atom stereocenters. The summed E-state index contributed by atoms with van der Waals surface area (Å²) >= 11 is 5.69. The quantitative estimate of drug-likeness (QED) is 0.791. The third-order valence-electron chi connectivity index (χ3n) is 3.58. The molecule has 2 rings (SSSR count). The molecule has 1 aromatic heterocycles. The van der Waals surface area contributed by atoms with Gasteiger partial charge in [0.25, 0.3) is 0 Å². The molecule has 0 unspecified atom stereocenters. The van der Waals surface area contributed by atoms with E-state index in [9.17, 15) is 9.59 Å². The Morgan fingerprint density at radius 2 is 1.90 bits per heavy atom. The zero-order chi connectivity index (χ0) is 15.1. The molecule has 5 nitrogen and oxygen atoms in total. The standard InChI is InChI=1S/C15H20ClN3O2/c16-13-6-5-11(9-17-13)10-18-14(20)7-8-15(21)19-12-3-1-2-4-12/h5-6,9,12H,1-4,7-8,10H2,(H,18,20)(H,19,21). The lowest BCUT2D eigenvalue weighted by Crippen LogP contribution is -2.33. The number of pyridine rings is 1. The maximum absolute atomic E-state index is 11.7. The van der Waals surface area contributed by atoms with Gasteiger partial charge >= 0.3 is 0 Å². The van der Waals surface area contributed by atoms with E-state index in [1.54, 1.807) is 12.3 Å². The highest BCUT2D eigenvalue weighted by Gasteiger charge is 2.17. The van der Waals surface area contributed by atoms with Crippen LogP contribution in [0.25, 0.3) is 0 Å². The lowest BCUT2D eigenvalue weighted by molar-refractivity contribution is -0.126. The summed E-state index contributed by atoms with van der Waals surface area (Å²) in [4.78, 5) is 27.3. The van der Waals surface area contributed by atoms with Crippen molar-refractivity contribution in [3.05, 3.63) is 29.0 Å². The molecule has 0 saturated heterocycles. The van der Waals surface area contributed by atoms with E-state index in [1.807, 2.05) is 6.07 Å². The zero-order valence-electron chi connectivity index (χ0n) is 11.9. The molecule has 2 amide bonds. The van der Waals surface area contributed by atoms with E-state index in [-0.39, 0.29) is 24.7 Å². The second-order valence-corrected chi connectivity index (χ2v) is 5.70. The van der Waals surface area contributed by atoms with Gasteiger partial charge in [0, 0.05) is 31.6 Å². The number of nitrogens with one attached hydrogen (secondary N) is 2. The van der Waals surface area contributed by atoms with E-state index in [2.05, 4.69) is 15.6 Å². The number of hydrogen-bond donors (Lipinski definition) is 2. The van der Waals surface area contributed by atoms with Crippen molar-refractivity contribution in [1.29, 1.82) is 0 Å². The van der Waals surface area contributed by atoms with E-state index in [0.717, 1.165) is 18.4 Å². The number of halogens is 1. The van der Waals surface area contributed by atoms with Gasteiger partial charge in [0.05, 0.1) is 0 Å². The topological polar surface area (TPSA) is 71.1 Å². The van der Waals surface area contributed by atoms with E-state index < -0.39 is 0 Å². The third-order valence-corrected chi connectivity index (χ3v) is 3.80. The van der Waals surface area contributed by atoms with Gasteiger partial charge in [0.1, 0.15) is 5.15 Å². The highest BCUT2D eigenvalue weighted by molar-refractivity contribution is 6.29. The van der Waals surface area contributed by atoms with E-state index in [0.29, 0.717) is 17.7 Å². The molecular weight excluding hydrogens is 290 g/mol. The highest BCUT2D eigenvalue weighted by Crippen LogP contribution is 2.17. The molecule has 0 aliphatic heterocycles. The molecule has 2 N–H and O–H groups in total. The van der Waals surface area contributed by atoms with Crippen molar-refractivity contribution < 1.29 is 9.59 Å². The Morgan fingerprint density at radius 1 is 1.19 bits per heavy atom.